The van der Waals surface area contributed by atoms with Crippen molar-refractivity contribution in [3.05, 3.63) is 63.9 Å². The van der Waals surface area contributed by atoms with Crippen molar-refractivity contribution in [1.82, 2.24) is 24.5 Å². The second kappa shape index (κ2) is 8.39. The Morgan fingerprint density at radius 3 is 2.74 bits per heavy atom. The normalized spacial score (nSPS) is 12.3. The van der Waals surface area contributed by atoms with Gasteiger partial charge in [0.1, 0.15) is 5.75 Å². The van der Waals surface area contributed by atoms with Crippen LogP contribution in [0.5, 0.6) is 5.75 Å². The summed E-state index contributed by atoms with van der Waals surface area (Å²) in [6.07, 6.45) is 5.10. The molecule has 4 aromatic rings. The minimum absolute atomic E-state index is 0.0210. The first-order valence-electron chi connectivity index (χ1n) is 9.91. The number of hydrogen-bond donors (Lipinski definition) is 2. The van der Waals surface area contributed by atoms with Crippen LogP contribution in [0.4, 0.5) is 5.95 Å². The van der Waals surface area contributed by atoms with Crippen molar-refractivity contribution in [2.75, 3.05) is 5.32 Å². The fourth-order valence-corrected chi connectivity index (χ4v) is 3.55. The van der Waals surface area contributed by atoms with Crippen LogP contribution in [0.3, 0.4) is 0 Å². The van der Waals surface area contributed by atoms with E-state index in [0.29, 0.717) is 27.8 Å². The van der Waals surface area contributed by atoms with Gasteiger partial charge in [-0.2, -0.15) is 0 Å². The summed E-state index contributed by atoms with van der Waals surface area (Å²) in [6, 6.07) is 6.85. The molecular formula is C22H23ClN6O2. The summed E-state index contributed by atoms with van der Waals surface area (Å²) in [5.74, 6) is 0.962. The van der Waals surface area contributed by atoms with E-state index in [1.165, 1.54) is 0 Å². The average Bonchev–Trinajstić information content (AvgIpc) is 3.14. The SMILES string of the molecule is CC(C)Oc1cc2[nH]c(=O)c([C@H](C)Nc3nccc(-c4cncn4C)n3)cc2cc1Cl. The Balaban J connectivity index is 1.63. The van der Waals surface area contributed by atoms with Gasteiger partial charge in [0.25, 0.3) is 5.56 Å². The van der Waals surface area contributed by atoms with E-state index in [0.717, 1.165) is 16.8 Å². The minimum Gasteiger partial charge on any atom is -0.489 e. The zero-order chi connectivity index (χ0) is 22.1. The molecule has 4 rings (SSSR count). The predicted molar refractivity (Wildman–Crippen MR) is 122 cm³/mol. The molecule has 0 bridgehead atoms. The smallest absolute Gasteiger partial charge is 0.253 e. The molecule has 0 unspecified atom stereocenters. The Hall–Kier alpha value is -3.39. The summed E-state index contributed by atoms with van der Waals surface area (Å²) in [6.45, 7) is 5.73. The number of rotatable bonds is 6. The predicted octanol–water partition coefficient (Wildman–Crippen LogP) is 4.33. The number of aryl methyl sites for hydroxylation is 1. The topological polar surface area (TPSA) is 97.7 Å². The lowest BCUT2D eigenvalue weighted by atomic mass is 10.1. The third kappa shape index (κ3) is 4.39. The molecule has 160 valence electrons. The number of hydrogen-bond acceptors (Lipinski definition) is 6. The van der Waals surface area contributed by atoms with E-state index in [1.54, 1.807) is 30.9 Å². The van der Waals surface area contributed by atoms with Crippen molar-refractivity contribution in [1.29, 1.82) is 0 Å². The summed E-state index contributed by atoms with van der Waals surface area (Å²) >= 11 is 6.37. The van der Waals surface area contributed by atoms with Gasteiger partial charge in [-0.25, -0.2) is 15.0 Å². The summed E-state index contributed by atoms with van der Waals surface area (Å²) in [7, 11) is 1.90. The van der Waals surface area contributed by atoms with Crippen molar-refractivity contribution in [2.45, 2.75) is 32.9 Å². The fourth-order valence-electron chi connectivity index (χ4n) is 3.34. The Kier molecular flexibility index (Phi) is 5.65. The van der Waals surface area contributed by atoms with Crippen molar-refractivity contribution >= 4 is 28.5 Å². The van der Waals surface area contributed by atoms with Crippen LogP contribution in [-0.4, -0.2) is 30.6 Å². The Labute approximate surface area is 184 Å². The van der Waals surface area contributed by atoms with Crippen LogP contribution in [0.1, 0.15) is 32.4 Å². The van der Waals surface area contributed by atoms with Crippen molar-refractivity contribution in [3.8, 4) is 17.1 Å². The molecule has 1 aromatic carbocycles. The number of nitrogens with one attached hydrogen (secondary N) is 2. The zero-order valence-corrected chi connectivity index (χ0v) is 18.4. The Morgan fingerprint density at radius 2 is 2.03 bits per heavy atom. The van der Waals surface area contributed by atoms with Gasteiger partial charge >= 0.3 is 0 Å². The summed E-state index contributed by atoms with van der Waals surface area (Å²) < 4.78 is 7.59. The van der Waals surface area contributed by atoms with Gasteiger partial charge in [-0.3, -0.25) is 4.79 Å². The van der Waals surface area contributed by atoms with E-state index in [1.807, 2.05) is 44.5 Å². The molecule has 0 aliphatic rings. The first-order chi connectivity index (χ1) is 14.8. The molecule has 0 aliphatic carbocycles. The second-order valence-electron chi connectivity index (χ2n) is 7.61. The Bertz CT molecular complexity index is 1300. The van der Waals surface area contributed by atoms with Crippen molar-refractivity contribution in [3.63, 3.8) is 0 Å². The first kappa shape index (κ1) is 20.9. The van der Waals surface area contributed by atoms with Crippen LogP contribution in [0.2, 0.25) is 5.02 Å². The highest BCUT2D eigenvalue weighted by Gasteiger charge is 2.15. The molecule has 0 saturated heterocycles. The Morgan fingerprint density at radius 1 is 1.23 bits per heavy atom. The monoisotopic (exact) mass is 438 g/mol. The van der Waals surface area contributed by atoms with Crippen LogP contribution in [0.25, 0.3) is 22.3 Å². The maximum absolute atomic E-state index is 12.8. The van der Waals surface area contributed by atoms with Gasteiger partial charge in [0.15, 0.2) is 0 Å². The average molecular weight is 439 g/mol. The number of aromatic amines is 1. The highest BCUT2D eigenvalue weighted by molar-refractivity contribution is 6.32. The molecule has 1 atom stereocenters. The molecule has 9 heteroatoms. The highest BCUT2D eigenvalue weighted by Crippen LogP contribution is 2.30. The van der Waals surface area contributed by atoms with E-state index in [2.05, 4.69) is 25.3 Å². The maximum Gasteiger partial charge on any atom is 0.253 e. The van der Waals surface area contributed by atoms with Crippen LogP contribution in [0.15, 0.2) is 47.8 Å². The van der Waals surface area contributed by atoms with E-state index >= 15 is 0 Å². The number of benzene rings is 1. The largest absolute Gasteiger partial charge is 0.489 e. The first-order valence-corrected chi connectivity index (χ1v) is 10.3. The number of H-pyrrole nitrogens is 1. The van der Waals surface area contributed by atoms with Gasteiger partial charge in [-0.1, -0.05) is 11.6 Å². The van der Waals surface area contributed by atoms with Crippen LogP contribution >= 0.6 is 11.6 Å². The number of fused-ring (bicyclic) bond motifs is 1. The van der Waals surface area contributed by atoms with Crippen LogP contribution < -0.4 is 15.6 Å². The van der Waals surface area contributed by atoms with Gasteiger partial charge < -0.3 is 19.6 Å². The molecular weight excluding hydrogens is 416 g/mol. The number of aromatic nitrogens is 5. The van der Waals surface area contributed by atoms with Gasteiger partial charge in [-0.15, -0.1) is 0 Å². The van der Waals surface area contributed by atoms with Gasteiger partial charge in [-0.05, 0) is 39.0 Å². The summed E-state index contributed by atoms with van der Waals surface area (Å²) in [5, 5.41) is 4.51. The number of halogens is 1. The molecule has 0 radical (unpaired) electrons. The number of nitrogens with zero attached hydrogens (tertiary/aromatic N) is 4. The van der Waals surface area contributed by atoms with E-state index in [-0.39, 0.29) is 17.7 Å². The van der Waals surface area contributed by atoms with Crippen molar-refractivity contribution in [2.24, 2.45) is 7.05 Å². The highest BCUT2D eigenvalue weighted by atomic mass is 35.5. The van der Waals surface area contributed by atoms with E-state index in [9.17, 15) is 4.79 Å². The molecule has 2 N–H and O–H groups in total. The molecule has 3 aromatic heterocycles. The van der Waals surface area contributed by atoms with Crippen molar-refractivity contribution < 1.29 is 4.74 Å². The lowest BCUT2D eigenvalue weighted by molar-refractivity contribution is 0.243. The van der Waals surface area contributed by atoms with E-state index < -0.39 is 0 Å². The van der Waals surface area contributed by atoms with Crippen LogP contribution in [0, 0.1) is 0 Å². The third-order valence-electron chi connectivity index (χ3n) is 4.83. The molecule has 8 nitrogen and oxygen atoms in total. The molecule has 0 fully saturated rings. The molecule has 0 aliphatic heterocycles. The van der Waals surface area contributed by atoms with Gasteiger partial charge in [0.2, 0.25) is 5.95 Å². The van der Waals surface area contributed by atoms with E-state index in [4.69, 9.17) is 16.3 Å². The van der Waals surface area contributed by atoms with Crippen LogP contribution in [-0.2, 0) is 7.05 Å². The number of pyridine rings is 1. The second-order valence-corrected chi connectivity index (χ2v) is 8.02. The number of anilines is 1. The molecule has 0 amide bonds. The molecule has 0 saturated carbocycles. The standard InChI is InChI=1S/C22H23ClN6O2/c1-12(2)31-20-9-18-14(8-16(20)23)7-15(21(30)27-18)13(3)26-22-25-6-5-17(28-22)19-10-24-11-29(19)4/h5-13H,1-4H3,(H,27,30)(H,25,26,28)/t13-/m0/s1. The molecule has 3 heterocycles. The van der Waals surface area contributed by atoms with Gasteiger partial charge in [0.05, 0.1) is 46.6 Å². The summed E-state index contributed by atoms with van der Waals surface area (Å²) in [4.78, 5) is 28.6. The minimum atomic E-state index is -0.333. The molecule has 31 heavy (non-hydrogen) atoms. The number of ether oxygens (including phenoxy) is 1. The number of imidazole rings is 1. The lowest BCUT2D eigenvalue weighted by Crippen LogP contribution is -2.20. The summed E-state index contributed by atoms with van der Waals surface area (Å²) in [5.41, 5.74) is 2.62. The fraction of sp³-hybridized carbons (Fsp3) is 0.273. The molecule has 0 spiro atoms. The zero-order valence-electron chi connectivity index (χ0n) is 17.7. The lowest BCUT2D eigenvalue weighted by Gasteiger charge is -2.16. The van der Waals surface area contributed by atoms with Gasteiger partial charge in [0, 0.05) is 30.3 Å². The third-order valence-corrected chi connectivity index (χ3v) is 5.13. The maximum atomic E-state index is 12.8. The quantitative estimate of drug-likeness (QED) is 0.465.